The van der Waals surface area contributed by atoms with Gasteiger partial charge < -0.3 is 11.1 Å². The molecule has 0 amide bonds. The molecule has 0 aliphatic heterocycles. The summed E-state index contributed by atoms with van der Waals surface area (Å²) >= 11 is 0. The van der Waals surface area contributed by atoms with Crippen LogP contribution in [0.2, 0.25) is 0 Å². The minimum absolute atomic E-state index is 0. The Kier molecular flexibility index (Phi) is 10.5. The minimum Gasteiger partial charge on any atom is -0.370 e. The quantitative estimate of drug-likeness (QED) is 0.310. The van der Waals surface area contributed by atoms with Crippen molar-refractivity contribution in [3.8, 4) is 0 Å². The average molecular weight is 468 g/mol. The molecule has 0 saturated heterocycles. The van der Waals surface area contributed by atoms with Crippen molar-refractivity contribution in [1.82, 2.24) is 10.0 Å². The second kappa shape index (κ2) is 10.9. The first-order valence-electron chi connectivity index (χ1n) is 7.86. The van der Waals surface area contributed by atoms with Gasteiger partial charge in [0.2, 0.25) is 10.0 Å². The van der Waals surface area contributed by atoms with Crippen LogP contribution in [0.1, 0.15) is 45.2 Å². The van der Waals surface area contributed by atoms with Crippen molar-refractivity contribution < 1.29 is 8.42 Å². The molecule has 1 aromatic carbocycles. The first-order chi connectivity index (χ1) is 10.7. The number of nitrogens with zero attached hydrogens (tertiary/aromatic N) is 1. The number of halogens is 1. The molecular weight excluding hydrogens is 439 g/mol. The Labute approximate surface area is 162 Å². The van der Waals surface area contributed by atoms with Crippen molar-refractivity contribution in [1.29, 1.82) is 0 Å². The van der Waals surface area contributed by atoms with E-state index in [0.29, 0.717) is 12.5 Å². The Balaban J connectivity index is 0.00000529. The zero-order chi connectivity index (χ0) is 17.5. The summed E-state index contributed by atoms with van der Waals surface area (Å²) in [5, 5.41) is 3.09. The van der Waals surface area contributed by atoms with E-state index in [0.717, 1.165) is 17.5 Å². The van der Waals surface area contributed by atoms with E-state index in [1.54, 1.807) is 13.8 Å². The van der Waals surface area contributed by atoms with Gasteiger partial charge in [0, 0.05) is 12.1 Å². The van der Waals surface area contributed by atoms with Gasteiger partial charge in [-0.3, -0.25) is 0 Å². The smallest absolute Gasteiger partial charge is 0.216 e. The van der Waals surface area contributed by atoms with E-state index in [1.807, 2.05) is 31.2 Å². The van der Waals surface area contributed by atoms with Gasteiger partial charge in [0.05, 0.1) is 12.3 Å². The molecule has 1 unspecified atom stereocenters. The molecular formula is C16H29IN4O2S. The fourth-order valence-electron chi connectivity index (χ4n) is 2.03. The minimum atomic E-state index is -3.36. The van der Waals surface area contributed by atoms with E-state index in [1.165, 1.54) is 0 Å². The maximum absolute atomic E-state index is 12.1. The maximum atomic E-state index is 12.1. The lowest BCUT2D eigenvalue weighted by molar-refractivity contribution is 0.569. The normalized spacial score (nSPS) is 13.5. The molecule has 0 aliphatic rings. The van der Waals surface area contributed by atoms with Crippen molar-refractivity contribution in [2.75, 3.05) is 0 Å². The molecule has 24 heavy (non-hydrogen) atoms. The van der Waals surface area contributed by atoms with Crippen LogP contribution in [0.4, 0.5) is 0 Å². The number of hydrogen-bond donors (Lipinski definition) is 3. The predicted octanol–water partition coefficient (Wildman–Crippen LogP) is 2.34. The van der Waals surface area contributed by atoms with Crippen LogP contribution in [0, 0.1) is 0 Å². The summed E-state index contributed by atoms with van der Waals surface area (Å²) in [4.78, 5) is 4.30. The van der Waals surface area contributed by atoms with Crippen LogP contribution in [-0.4, -0.2) is 26.5 Å². The van der Waals surface area contributed by atoms with Crippen LogP contribution in [0.15, 0.2) is 29.3 Å². The Hall–Kier alpha value is -0.870. The molecule has 6 nitrogen and oxygen atoms in total. The van der Waals surface area contributed by atoms with E-state index in [9.17, 15) is 8.42 Å². The highest BCUT2D eigenvalue weighted by atomic mass is 127. The van der Waals surface area contributed by atoms with E-state index in [2.05, 4.69) is 22.0 Å². The van der Waals surface area contributed by atoms with Crippen LogP contribution in [0.25, 0.3) is 0 Å². The Bertz CT molecular complexity index is 633. The standard InChI is InChI=1S/C16H28N4O2S.HI/c1-5-13(4)19-16(17)18-10-14-8-6-7-9-15(14)11-23(21,22)20-12(2)3;/h6-9,12-13,20H,5,10-11H2,1-4H3,(H3,17,18,19);1H. The molecule has 0 saturated carbocycles. The molecule has 1 rings (SSSR count). The van der Waals surface area contributed by atoms with E-state index in [4.69, 9.17) is 5.73 Å². The maximum Gasteiger partial charge on any atom is 0.216 e. The van der Waals surface area contributed by atoms with Gasteiger partial charge in [0.25, 0.3) is 0 Å². The molecule has 8 heteroatoms. The van der Waals surface area contributed by atoms with Gasteiger partial charge in [-0.15, -0.1) is 24.0 Å². The van der Waals surface area contributed by atoms with Crippen molar-refractivity contribution >= 4 is 40.0 Å². The number of guanidine groups is 1. The third-order valence-corrected chi connectivity index (χ3v) is 4.83. The predicted molar refractivity (Wildman–Crippen MR) is 111 cm³/mol. The van der Waals surface area contributed by atoms with Gasteiger partial charge in [-0.05, 0) is 38.3 Å². The Morgan fingerprint density at radius 1 is 1.21 bits per heavy atom. The highest BCUT2D eigenvalue weighted by Gasteiger charge is 2.15. The molecule has 0 radical (unpaired) electrons. The molecule has 0 aliphatic carbocycles. The number of aliphatic imine (C=N–C) groups is 1. The fraction of sp³-hybridized carbons (Fsp3) is 0.562. The Morgan fingerprint density at radius 2 is 1.79 bits per heavy atom. The highest BCUT2D eigenvalue weighted by molar-refractivity contribution is 14.0. The van der Waals surface area contributed by atoms with Gasteiger partial charge in [-0.1, -0.05) is 31.2 Å². The van der Waals surface area contributed by atoms with Gasteiger partial charge in [0.15, 0.2) is 5.96 Å². The van der Waals surface area contributed by atoms with Crippen LogP contribution in [0.5, 0.6) is 0 Å². The molecule has 1 atom stereocenters. The van der Waals surface area contributed by atoms with Crippen molar-refractivity contribution in [2.45, 2.75) is 58.5 Å². The first-order valence-corrected chi connectivity index (χ1v) is 9.52. The summed E-state index contributed by atoms with van der Waals surface area (Å²) in [5.41, 5.74) is 7.44. The number of benzene rings is 1. The molecule has 4 N–H and O–H groups in total. The summed E-state index contributed by atoms with van der Waals surface area (Å²) in [5.74, 6) is 0.313. The molecule has 0 aromatic heterocycles. The molecule has 0 spiro atoms. The number of nitrogens with two attached hydrogens (primary N) is 1. The molecule has 0 bridgehead atoms. The average Bonchev–Trinajstić information content (AvgIpc) is 2.44. The van der Waals surface area contributed by atoms with Crippen LogP contribution >= 0.6 is 24.0 Å². The van der Waals surface area contributed by atoms with E-state index < -0.39 is 10.0 Å². The van der Waals surface area contributed by atoms with Crippen LogP contribution in [-0.2, 0) is 22.3 Å². The van der Waals surface area contributed by atoms with Gasteiger partial charge in [-0.25, -0.2) is 18.1 Å². The topological polar surface area (TPSA) is 96.6 Å². The van der Waals surface area contributed by atoms with Crippen LogP contribution < -0.4 is 15.8 Å². The van der Waals surface area contributed by atoms with Gasteiger partial charge in [0.1, 0.15) is 0 Å². The number of nitrogens with one attached hydrogen (secondary N) is 2. The van der Waals surface area contributed by atoms with Crippen molar-refractivity contribution in [2.24, 2.45) is 10.7 Å². The van der Waals surface area contributed by atoms with E-state index in [-0.39, 0.29) is 41.8 Å². The first kappa shape index (κ1) is 23.1. The summed E-state index contributed by atoms with van der Waals surface area (Å²) in [7, 11) is -3.36. The lowest BCUT2D eigenvalue weighted by atomic mass is 10.1. The Morgan fingerprint density at radius 3 is 2.33 bits per heavy atom. The SMILES string of the molecule is CCC(C)NC(N)=NCc1ccccc1CS(=O)(=O)NC(C)C.I. The van der Waals surface area contributed by atoms with Crippen LogP contribution in [0.3, 0.4) is 0 Å². The zero-order valence-corrected chi connectivity index (χ0v) is 17.9. The van der Waals surface area contributed by atoms with Gasteiger partial charge >= 0.3 is 0 Å². The second-order valence-corrected chi connectivity index (χ2v) is 7.71. The largest absolute Gasteiger partial charge is 0.370 e. The van der Waals surface area contributed by atoms with Gasteiger partial charge in [-0.2, -0.15) is 0 Å². The highest BCUT2D eigenvalue weighted by Crippen LogP contribution is 2.13. The van der Waals surface area contributed by atoms with E-state index >= 15 is 0 Å². The number of sulfonamides is 1. The summed E-state index contributed by atoms with van der Waals surface area (Å²) in [6.07, 6.45) is 0.950. The fourth-order valence-corrected chi connectivity index (χ4v) is 3.52. The molecule has 0 heterocycles. The monoisotopic (exact) mass is 468 g/mol. The summed E-state index contributed by atoms with van der Waals surface area (Å²) < 4.78 is 26.8. The lowest BCUT2D eigenvalue weighted by Gasteiger charge is -2.13. The second-order valence-electron chi connectivity index (χ2n) is 5.96. The summed E-state index contributed by atoms with van der Waals surface area (Å²) in [6, 6.07) is 7.51. The number of rotatable bonds is 8. The van der Waals surface area contributed by atoms with Crippen molar-refractivity contribution in [3.63, 3.8) is 0 Å². The number of hydrogen-bond acceptors (Lipinski definition) is 3. The molecule has 138 valence electrons. The molecule has 1 aromatic rings. The van der Waals surface area contributed by atoms with Crippen molar-refractivity contribution in [3.05, 3.63) is 35.4 Å². The third-order valence-electron chi connectivity index (χ3n) is 3.31. The summed E-state index contributed by atoms with van der Waals surface area (Å²) in [6.45, 7) is 8.04. The molecule has 0 fully saturated rings. The zero-order valence-electron chi connectivity index (χ0n) is 14.7. The third kappa shape index (κ3) is 8.84. The lowest BCUT2D eigenvalue weighted by Crippen LogP contribution is -2.38.